The molecule has 0 aromatic heterocycles. The van der Waals surface area contributed by atoms with E-state index in [-0.39, 0.29) is 23.6 Å². The third-order valence-electron chi connectivity index (χ3n) is 3.37. The Labute approximate surface area is 119 Å². The van der Waals surface area contributed by atoms with Crippen LogP contribution in [-0.2, 0) is 16.0 Å². The predicted octanol–water partition coefficient (Wildman–Crippen LogP) is 3.28. The van der Waals surface area contributed by atoms with Crippen LogP contribution < -0.4 is 0 Å². The quantitative estimate of drug-likeness (QED) is 0.633. The SMILES string of the molecule is CCCOC(=O)C1(C(F)F)Cc2ccc(Cl)cc2C1=O. The summed E-state index contributed by atoms with van der Waals surface area (Å²) in [4.78, 5) is 24.3. The first kappa shape index (κ1) is 14.9. The van der Waals surface area contributed by atoms with Gasteiger partial charge in [-0.2, -0.15) is 0 Å². The molecule has 0 saturated heterocycles. The van der Waals surface area contributed by atoms with Crippen LogP contribution in [0.1, 0.15) is 29.3 Å². The van der Waals surface area contributed by atoms with E-state index in [4.69, 9.17) is 16.3 Å². The van der Waals surface area contributed by atoms with Gasteiger partial charge >= 0.3 is 5.97 Å². The molecule has 20 heavy (non-hydrogen) atoms. The van der Waals surface area contributed by atoms with Crippen LogP contribution in [0.5, 0.6) is 0 Å². The number of hydrogen-bond donors (Lipinski definition) is 0. The fourth-order valence-corrected chi connectivity index (χ4v) is 2.46. The zero-order valence-electron chi connectivity index (χ0n) is 10.8. The molecule has 1 aliphatic rings. The van der Waals surface area contributed by atoms with E-state index >= 15 is 0 Å². The van der Waals surface area contributed by atoms with Crippen LogP contribution in [0.15, 0.2) is 18.2 Å². The highest BCUT2D eigenvalue weighted by molar-refractivity contribution is 6.31. The van der Waals surface area contributed by atoms with Crippen molar-refractivity contribution >= 4 is 23.4 Å². The summed E-state index contributed by atoms with van der Waals surface area (Å²) in [5.74, 6) is -2.07. The van der Waals surface area contributed by atoms with Gasteiger partial charge in [0, 0.05) is 17.0 Å². The first-order valence-electron chi connectivity index (χ1n) is 6.22. The number of halogens is 3. The Hall–Kier alpha value is -1.49. The maximum atomic E-state index is 13.4. The first-order valence-corrected chi connectivity index (χ1v) is 6.60. The molecule has 1 aliphatic carbocycles. The molecule has 1 unspecified atom stereocenters. The van der Waals surface area contributed by atoms with Crippen LogP contribution >= 0.6 is 11.6 Å². The Balaban J connectivity index is 2.42. The summed E-state index contributed by atoms with van der Waals surface area (Å²) >= 11 is 5.77. The number of ketones is 1. The number of hydrogen-bond acceptors (Lipinski definition) is 3. The molecule has 0 radical (unpaired) electrons. The lowest BCUT2D eigenvalue weighted by Crippen LogP contribution is -2.45. The number of carbonyl (C=O) groups excluding carboxylic acids is 2. The minimum atomic E-state index is -3.12. The molecule has 6 heteroatoms. The minimum absolute atomic E-state index is 0.0116. The highest BCUT2D eigenvalue weighted by atomic mass is 35.5. The van der Waals surface area contributed by atoms with Crippen LogP contribution in [-0.4, -0.2) is 24.8 Å². The molecule has 3 nitrogen and oxygen atoms in total. The van der Waals surface area contributed by atoms with Crippen LogP contribution in [0.25, 0.3) is 0 Å². The summed E-state index contributed by atoms with van der Waals surface area (Å²) in [6.45, 7) is 1.75. The van der Waals surface area contributed by atoms with Crippen LogP contribution in [0.2, 0.25) is 5.02 Å². The molecular weight excluding hydrogens is 290 g/mol. The average molecular weight is 303 g/mol. The molecule has 0 heterocycles. The van der Waals surface area contributed by atoms with Gasteiger partial charge in [-0.3, -0.25) is 9.59 Å². The van der Waals surface area contributed by atoms with Gasteiger partial charge in [0.15, 0.2) is 11.2 Å². The van der Waals surface area contributed by atoms with Crippen molar-refractivity contribution in [2.45, 2.75) is 26.2 Å². The summed E-state index contributed by atoms with van der Waals surface area (Å²) in [6.07, 6.45) is -2.97. The van der Waals surface area contributed by atoms with Crippen molar-refractivity contribution in [3.8, 4) is 0 Å². The van der Waals surface area contributed by atoms with Gasteiger partial charge in [0.2, 0.25) is 0 Å². The predicted molar refractivity (Wildman–Crippen MR) is 69.2 cm³/mol. The Kier molecular flexibility index (Phi) is 4.09. The van der Waals surface area contributed by atoms with E-state index in [9.17, 15) is 18.4 Å². The van der Waals surface area contributed by atoms with Gasteiger partial charge in [0.05, 0.1) is 6.61 Å². The van der Waals surface area contributed by atoms with Crippen LogP contribution in [0, 0.1) is 5.41 Å². The Morgan fingerprint density at radius 3 is 2.80 bits per heavy atom. The number of esters is 1. The second-order valence-electron chi connectivity index (χ2n) is 4.72. The van der Waals surface area contributed by atoms with Gasteiger partial charge in [-0.15, -0.1) is 0 Å². The monoisotopic (exact) mass is 302 g/mol. The average Bonchev–Trinajstić information content (AvgIpc) is 2.70. The third kappa shape index (κ3) is 2.20. The van der Waals surface area contributed by atoms with Gasteiger partial charge in [-0.25, -0.2) is 8.78 Å². The Morgan fingerprint density at radius 2 is 2.20 bits per heavy atom. The number of rotatable bonds is 4. The van der Waals surface area contributed by atoms with E-state index in [1.807, 2.05) is 0 Å². The van der Waals surface area contributed by atoms with Crippen molar-refractivity contribution in [2.24, 2.45) is 5.41 Å². The molecule has 0 spiro atoms. The molecule has 2 rings (SSSR count). The van der Waals surface area contributed by atoms with Crippen molar-refractivity contribution in [1.29, 1.82) is 0 Å². The van der Waals surface area contributed by atoms with Crippen LogP contribution in [0.3, 0.4) is 0 Å². The van der Waals surface area contributed by atoms with E-state index in [1.54, 1.807) is 6.92 Å². The fraction of sp³-hybridized carbons (Fsp3) is 0.429. The molecule has 0 bridgehead atoms. The summed E-state index contributed by atoms with van der Waals surface area (Å²) in [6, 6.07) is 4.32. The van der Waals surface area contributed by atoms with Crippen molar-refractivity contribution < 1.29 is 23.1 Å². The molecule has 108 valence electrons. The molecule has 0 fully saturated rings. The maximum absolute atomic E-state index is 13.4. The van der Waals surface area contributed by atoms with Crippen LogP contribution in [0.4, 0.5) is 8.78 Å². The van der Waals surface area contributed by atoms with Crippen molar-refractivity contribution in [1.82, 2.24) is 0 Å². The zero-order valence-corrected chi connectivity index (χ0v) is 11.5. The Morgan fingerprint density at radius 1 is 1.50 bits per heavy atom. The standard InChI is InChI=1S/C14H13ClF2O3/c1-2-5-20-13(19)14(12(16)17)7-8-3-4-9(15)6-10(8)11(14)18/h3-4,6,12H,2,5,7H2,1H3. The lowest BCUT2D eigenvalue weighted by atomic mass is 9.84. The highest BCUT2D eigenvalue weighted by Crippen LogP contribution is 2.43. The van der Waals surface area contributed by atoms with E-state index < -0.39 is 23.6 Å². The zero-order chi connectivity index (χ0) is 14.9. The Bertz CT molecular complexity index is 559. The topological polar surface area (TPSA) is 43.4 Å². The van der Waals surface area contributed by atoms with Crippen molar-refractivity contribution in [3.05, 3.63) is 34.3 Å². The molecule has 1 atom stereocenters. The smallest absolute Gasteiger partial charge is 0.326 e. The van der Waals surface area contributed by atoms with Gasteiger partial charge < -0.3 is 4.74 Å². The largest absolute Gasteiger partial charge is 0.465 e. The highest BCUT2D eigenvalue weighted by Gasteiger charge is 2.59. The van der Waals surface area contributed by atoms with E-state index in [1.165, 1.54) is 18.2 Å². The molecule has 0 aliphatic heterocycles. The number of alkyl halides is 2. The van der Waals surface area contributed by atoms with E-state index in [0.717, 1.165) is 0 Å². The lowest BCUT2D eigenvalue weighted by molar-refractivity contribution is -0.160. The van der Waals surface area contributed by atoms with E-state index in [2.05, 4.69) is 0 Å². The molecule has 0 saturated carbocycles. The minimum Gasteiger partial charge on any atom is -0.465 e. The summed E-state index contributed by atoms with van der Waals surface area (Å²) in [5.41, 5.74) is -1.96. The van der Waals surface area contributed by atoms with Gasteiger partial charge in [-0.05, 0) is 24.1 Å². The number of carbonyl (C=O) groups is 2. The maximum Gasteiger partial charge on any atom is 0.326 e. The number of ether oxygens (including phenoxy) is 1. The molecule has 1 aromatic carbocycles. The molecular formula is C14H13ClF2O3. The third-order valence-corrected chi connectivity index (χ3v) is 3.60. The molecule has 1 aromatic rings. The van der Waals surface area contributed by atoms with Crippen molar-refractivity contribution in [3.63, 3.8) is 0 Å². The number of Topliss-reactive ketones (excluding diaryl/α,β-unsaturated/α-hetero) is 1. The first-order chi connectivity index (χ1) is 9.43. The summed E-state index contributed by atoms with van der Waals surface area (Å²) in [5, 5.41) is 0.268. The van der Waals surface area contributed by atoms with Gasteiger partial charge in [-0.1, -0.05) is 24.6 Å². The lowest BCUT2D eigenvalue weighted by Gasteiger charge is -2.23. The van der Waals surface area contributed by atoms with Crippen molar-refractivity contribution in [2.75, 3.05) is 6.61 Å². The number of fused-ring (bicyclic) bond motifs is 1. The second kappa shape index (κ2) is 5.48. The summed E-state index contributed by atoms with van der Waals surface area (Å²) in [7, 11) is 0. The normalized spacial score (nSPS) is 21.1. The van der Waals surface area contributed by atoms with E-state index in [0.29, 0.717) is 12.0 Å². The summed E-state index contributed by atoms with van der Waals surface area (Å²) < 4.78 is 31.7. The fourth-order valence-electron chi connectivity index (χ4n) is 2.29. The molecule has 0 N–H and O–H groups in total. The number of benzene rings is 1. The van der Waals surface area contributed by atoms with Gasteiger partial charge in [0.25, 0.3) is 6.43 Å². The molecule has 0 amide bonds. The van der Waals surface area contributed by atoms with Gasteiger partial charge in [0.1, 0.15) is 0 Å². The second-order valence-corrected chi connectivity index (χ2v) is 5.15.